The first-order valence-corrected chi connectivity index (χ1v) is 8.62. The highest BCUT2D eigenvalue weighted by Gasteiger charge is 2.44. The molecule has 0 unspecified atom stereocenters. The average Bonchev–Trinajstić information content (AvgIpc) is 2.57. The maximum Gasteiger partial charge on any atom is 0.411 e. The first-order chi connectivity index (χ1) is 13.4. The fourth-order valence-electron chi connectivity index (χ4n) is 3.22. The molecule has 12 heteroatoms. The Morgan fingerprint density at radius 1 is 1.41 bits per heavy atom. The molecule has 5 atom stereocenters. The Bertz CT molecular complexity index is 699. The van der Waals surface area contributed by atoms with E-state index in [-0.39, 0.29) is 17.7 Å². The van der Waals surface area contributed by atoms with Gasteiger partial charge in [0.15, 0.2) is 6.29 Å². The lowest BCUT2D eigenvalue weighted by Gasteiger charge is -2.45. The smallest absolute Gasteiger partial charge is 0.411 e. The molecule has 1 aromatic carbocycles. The largest absolute Gasteiger partial charge is 0.508 e. The van der Waals surface area contributed by atoms with Gasteiger partial charge in [-0.25, -0.2) is 9.18 Å². The third-order valence-corrected chi connectivity index (χ3v) is 4.50. The molecule has 1 aliphatic rings. The van der Waals surface area contributed by atoms with E-state index in [9.17, 15) is 37.7 Å². The highest BCUT2D eigenvalue weighted by atomic mass is 19.4. The number of aromatic hydroxyl groups is 1. The van der Waals surface area contributed by atoms with Crippen molar-refractivity contribution in [2.75, 3.05) is 13.2 Å². The van der Waals surface area contributed by atoms with Crippen molar-refractivity contribution in [1.82, 2.24) is 4.90 Å². The van der Waals surface area contributed by atoms with Crippen molar-refractivity contribution in [2.24, 2.45) is 5.73 Å². The minimum atomic E-state index is -4.62. The average molecular weight is 426 g/mol. The molecule has 2 rings (SSSR count). The molecule has 164 valence electrons. The predicted octanol–water partition coefficient (Wildman–Crippen LogP) is 1.43. The molecule has 1 heterocycles. The number of hydrogen-bond donors (Lipinski definition) is 4. The van der Waals surface area contributed by atoms with Crippen LogP contribution in [0.15, 0.2) is 18.2 Å². The van der Waals surface area contributed by atoms with Crippen molar-refractivity contribution in [3.63, 3.8) is 0 Å². The fourth-order valence-corrected chi connectivity index (χ4v) is 3.22. The minimum absolute atomic E-state index is 0.0984. The van der Waals surface area contributed by atoms with Gasteiger partial charge in [-0.3, -0.25) is 4.90 Å². The van der Waals surface area contributed by atoms with E-state index in [2.05, 4.69) is 4.74 Å². The Balaban J connectivity index is 2.10. The summed E-state index contributed by atoms with van der Waals surface area (Å²) in [6, 6.07) is -0.200. The summed E-state index contributed by atoms with van der Waals surface area (Å²) in [7, 11) is 0. The van der Waals surface area contributed by atoms with Crippen molar-refractivity contribution in [3.8, 4) is 5.75 Å². The second-order valence-corrected chi connectivity index (χ2v) is 6.80. The van der Waals surface area contributed by atoms with Crippen LogP contribution < -0.4 is 5.73 Å². The molecule has 29 heavy (non-hydrogen) atoms. The minimum Gasteiger partial charge on any atom is -0.508 e. The standard InChI is InChI=1S/C17H22F4N2O6/c1-8-15(29-7-17(19,20)21)28-6-13(23(8)16(26)27)14(25)12(22)4-9-2-10(18)5-11(24)3-9/h2-3,5,8,12-15,24-25H,4,6-7,22H2,1H3,(H,26,27)/t8-,12-,13+,14-,15-/m0/s1. The Labute approximate surface area is 163 Å². The molecule has 0 aromatic heterocycles. The molecular formula is C17H22F4N2O6. The zero-order valence-corrected chi connectivity index (χ0v) is 15.3. The van der Waals surface area contributed by atoms with Gasteiger partial charge in [-0.15, -0.1) is 0 Å². The van der Waals surface area contributed by atoms with Crippen molar-refractivity contribution < 1.29 is 47.1 Å². The normalized spacial score (nSPS) is 24.9. The zero-order valence-electron chi connectivity index (χ0n) is 15.3. The van der Waals surface area contributed by atoms with E-state index in [1.54, 1.807) is 0 Å². The van der Waals surface area contributed by atoms with Gasteiger partial charge in [0, 0.05) is 12.1 Å². The van der Waals surface area contributed by atoms with Gasteiger partial charge in [0.05, 0.1) is 24.8 Å². The summed E-state index contributed by atoms with van der Waals surface area (Å²) >= 11 is 0. The first kappa shape index (κ1) is 23.1. The van der Waals surface area contributed by atoms with E-state index in [1.807, 2.05) is 0 Å². The van der Waals surface area contributed by atoms with E-state index in [0.29, 0.717) is 0 Å². The number of phenolic OH excluding ortho intramolecular Hbond substituents is 1. The van der Waals surface area contributed by atoms with E-state index < -0.39 is 61.8 Å². The van der Waals surface area contributed by atoms with Crippen molar-refractivity contribution >= 4 is 6.09 Å². The number of aliphatic hydroxyl groups is 1. The lowest BCUT2D eigenvalue weighted by molar-refractivity contribution is -0.265. The molecule has 1 aliphatic heterocycles. The molecule has 5 N–H and O–H groups in total. The monoisotopic (exact) mass is 426 g/mol. The van der Waals surface area contributed by atoms with Crippen molar-refractivity contribution in [3.05, 3.63) is 29.6 Å². The van der Waals surface area contributed by atoms with Crippen LogP contribution in [0, 0.1) is 5.82 Å². The number of rotatable bonds is 6. The van der Waals surface area contributed by atoms with Crippen LogP contribution in [-0.2, 0) is 15.9 Å². The Morgan fingerprint density at radius 2 is 2.07 bits per heavy atom. The third-order valence-electron chi connectivity index (χ3n) is 4.50. The van der Waals surface area contributed by atoms with E-state index in [1.165, 1.54) is 13.0 Å². The number of benzene rings is 1. The van der Waals surface area contributed by atoms with Gasteiger partial charge in [0.2, 0.25) is 0 Å². The van der Waals surface area contributed by atoms with Gasteiger partial charge < -0.3 is 30.5 Å². The number of ether oxygens (including phenoxy) is 2. The number of amides is 1. The van der Waals surface area contributed by atoms with Gasteiger partial charge >= 0.3 is 12.3 Å². The Morgan fingerprint density at radius 3 is 2.62 bits per heavy atom. The zero-order chi connectivity index (χ0) is 21.9. The van der Waals surface area contributed by atoms with Crippen LogP contribution in [0.1, 0.15) is 12.5 Å². The summed E-state index contributed by atoms with van der Waals surface area (Å²) in [5, 5.41) is 29.5. The summed E-state index contributed by atoms with van der Waals surface area (Å²) in [5.74, 6) is -1.05. The quantitative estimate of drug-likeness (QED) is 0.507. The predicted molar refractivity (Wildman–Crippen MR) is 90.6 cm³/mol. The van der Waals surface area contributed by atoms with E-state index in [4.69, 9.17) is 10.5 Å². The maximum absolute atomic E-state index is 13.4. The summed E-state index contributed by atoms with van der Waals surface area (Å²) in [6.45, 7) is -0.794. The fraction of sp³-hybridized carbons (Fsp3) is 0.588. The Kier molecular flexibility index (Phi) is 7.27. The number of morpholine rings is 1. The van der Waals surface area contributed by atoms with Gasteiger partial charge in [0.25, 0.3) is 0 Å². The first-order valence-electron chi connectivity index (χ1n) is 8.62. The number of alkyl halides is 3. The number of halogens is 4. The number of nitrogens with two attached hydrogens (primary N) is 1. The highest BCUT2D eigenvalue weighted by Crippen LogP contribution is 2.26. The molecular weight excluding hydrogens is 404 g/mol. The molecule has 0 radical (unpaired) electrons. The lowest BCUT2D eigenvalue weighted by Crippen LogP contribution is -2.64. The molecule has 1 saturated heterocycles. The summed E-state index contributed by atoms with van der Waals surface area (Å²) in [4.78, 5) is 12.4. The number of aliphatic hydroxyl groups excluding tert-OH is 1. The van der Waals surface area contributed by atoms with Crippen LogP contribution in [0.2, 0.25) is 0 Å². The highest BCUT2D eigenvalue weighted by molar-refractivity contribution is 5.66. The molecule has 0 aliphatic carbocycles. The van der Waals surface area contributed by atoms with E-state index >= 15 is 0 Å². The molecule has 0 saturated carbocycles. The maximum atomic E-state index is 13.4. The number of phenols is 1. The van der Waals surface area contributed by atoms with Crippen LogP contribution in [0.3, 0.4) is 0 Å². The van der Waals surface area contributed by atoms with Crippen LogP contribution in [-0.4, -0.2) is 76.2 Å². The summed E-state index contributed by atoms with van der Waals surface area (Å²) < 4.78 is 60.3. The summed E-state index contributed by atoms with van der Waals surface area (Å²) in [6.07, 6.45) is -9.18. The van der Waals surface area contributed by atoms with Crippen LogP contribution in [0.4, 0.5) is 22.4 Å². The van der Waals surface area contributed by atoms with Crippen LogP contribution >= 0.6 is 0 Å². The third kappa shape index (κ3) is 6.16. The van der Waals surface area contributed by atoms with Crippen LogP contribution in [0.5, 0.6) is 5.75 Å². The van der Waals surface area contributed by atoms with E-state index in [0.717, 1.165) is 17.0 Å². The molecule has 0 bridgehead atoms. The number of carbonyl (C=O) groups is 1. The number of carboxylic acid groups (broad SMARTS) is 1. The van der Waals surface area contributed by atoms with Crippen LogP contribution in [0.25, 0.3) is 0 Å². The number of nitrogens with zero attached hydrogens (tertiary/aromatic N) is 1. The van der Waals surface area contributed by atoms with Gasteiger partial charge in [-0.05, 0) is 31.0 Å². The summed E-state index contributed by atoms with van der Waals surface area (Å²) in [5.41, 5.74) is 6.20. The van der Waals surface area contributed by atoms with Crippen molar-refractivity contribution in [2.45, 2.75) is 50.0 Å². The van der Waals surface area contributed by atoms with Gasteiger partial charge in [-0.2, -0.15) is 13.2 Å². The molecule has 1 fully saturated rings. The molecule has 0 spiro atoms. The topological polar surface area (TPSA) is 125 Å². The van der Waals surface area contributed by atoms with Crippen molar-refractivity contribution in [1.29, 1.82) is 0 Å². The Hall–Kier alpha value is -2.15. The lowest BCUT2D eigenvalue weighted by atomic mass is 9.95. The molecule has 1 amide bonds. The van der Waals surface area contributed by atoms with Gasteiger partial charge in [0.1, 0.15) is 18.2 Å². The molecule has 1 aromatic rings. The van der Waals surface area contributed by atoms with Gasteiger partial charge in [-0.1, -0.05) is 0 Å². The SMILES string of the molecule is C[C@H]1[C@H](OCC(F)(F)F)OC[C@H]([C@@H](O)[C@@H](N)Cc2cc(O)cc(F)c2)N1C(=O)O. The number of hydrogen-bond acceptors (Lipinski definition) is 6. The molecule has 8 nitrogen and oxygen atoms in total. The second-order valence-electron chi connectivity index (χ2n) is 6.80. The second kappa shape index (κ2) is 9.11.